The molecule has 6 rings (SSSR count). The average molecular weight is 564 g/mol. The summed E-state index contributed by atoms with van der Waals surface area (Å²) in [6, 6.07) is 10.7. The predicted molar refractivity (Wildman–Crippen MR) is 165 cm³/mol. The van der Waals surface area contributed by atoms with Gasteiger partial charge in [-0.25, -0.2) is 0 Å². The van der Waals surface area contributed by atoms with Gasteiger partial charge in [0.2, 0.25) is 0 Å². The van der Waals surface area contributed by atoms with E-state index < -0.39 is 0 Å². The first-order valence-electron chi connectivity index (χ1n) is 17.3. The van der Waals surface area contributed by atoms with Gasteiger partial charge in [0.15, 0.2) is 0 Å². The van der Waals surface area contributed by atoms with E-state index in [1.807, 2.05) is 0 Å². The molecule has 4 saturated carbocycles. The van der Waals surface area contributed by atoms with Gasteiger partial charge in [-0.05, 0) is 142 Å². The second-order valence-electron chi connectivity index (χ2n) is 15.4. The Labute approximate surface area is 250 Å². The number of methoxy groups -OCH3 is 1. The van der Waals surface area contributed by atoms with Crippen LogP contribution >= 0.6 is 0 Å². The van der Waals surface area contributed by atoms with Crippen LogP contribution in [0.2, 0.25) is 0 Å². The van der Waals surface area contributed by atoms with Gasteiger partial charge in [-0.1, -0.05) is 57.5 Å². The van der Waals surface area contributed by atoms with Crippen molar-refractivity contribution in [2.24, 2.45) is 46.3 Å². The van der Waals surface area contributed by atoms with Crippen LogP contribution in [0.3, 0.4) is 0 Å². The molecule has 0 amide bonds. The van der Waals surface area contributed by atoms with E-state index in [1.54, 1.807) is 7.11 Å². The number of carbonyl (C=O) groups excluding carboxylic acids is 1. The molecule has 0 N–H and O–H groups in total. The lowest BCUT2D eigenvalue weighted by Gasteiger charge is -2.61. The maximum absolute atomic E-state index is 12.9. The molecule has 0 spiro atoms. The number of ether oxygens (including phenoxy) is 2. The molecule has 4 nitrogen and oxygen atoms in total. The Bertz CT molecular complexity index is 1020. The fourth-order valence-corrected chi connectivity index (χ4v) is 11.4. The molecule has 0 aromatic heterocycles. The van der Waals surface area contributed by atoms with Crippen molar-refractivity contribution in [1.82, 2.24) is 4.90 Å². The monoisotopic (exact) mass is 563 g/mol. The number of hydrogen-bond acceptors (Lipinski definition) is 4. The fourth-order valence-electron chi connectivity index (χ4n) is 11.4. The molecule has 5 fully saturated rings. The molecule has 4 heteroatoms. The Kier molecular flexibility index (Phi) is 8.91. The maximum atomic E-state index is 12.9. The molecule has 1 aromatic rings. The van der Waals surface area contributed by atoms with Crippen molar-refractivity contribution in [1.29, 1.82) is 0 Å². The second-order valence-corrected chi connectivity index (χ2v) is 15.4. The smallest absolute Gasteiger partial charge is 0.323 e. The summed E-state index contributed by atoms with van der Waals surface area (Å²) in [5, 5.41) is 0. The van der Waals surface area contributed by atoms with E-state index in [1.165, 1.54) is 82.6 Å². The van der Waals surface area contributed by atoms with E-state index in [0.717, 1.165) is 55.7 Å². The van der Waals surface area contributed by atoms with Gasteiger partial charge in [-0.15, -0.1) is 0 Å². The number of esters is 1. The van der Waals surface area contributed by atoms with Gasteiger partial charge in [0.1, 0.15) is 6.04 Å². The molecule has 1 unspecified atom stereocenters. The Hall–Kier alpha value is -1.39. The number of rotatable bonds is 8. The van der Waals surface area contributed by atoms with Gasteiger partial charge in [0, 0.05) is 0 Å². The summed E-state index contributed by atoms with van der Waals surface area (Å²) in [4.78, 5) is 15.4. The van der Waals surface area contributed by atoms with E-state index in [9.17, 15) is 4.79 Å². The van der Waals surface area contributed by atoms with Gasteiger partial charge in [0.25, 0.3) is 0 Å². The molecule has 1 saturated heterocycles. The Morgan fingerprint density at radius 2 is 1.66 bits per heavy atom. The summed E-state index contributed by atoms with van der Waals surface area (Å²) in [5.74, 6) is 4.77. The number of carbonyl (C=O) groups is 1. The van der Waals surface area contributed by atoms with Gasteiger partial charge in [0.05, 0.1) is 19.8 Å². The molecule has 1 aliphatic heterocycles. The minimum absolute atomic E-state index is 0.00300. The molecule has 10 atom stereocenters. The molecular formula is C37H57NO3. The van der Waals surface area contributed by atoms with Crippen LogP contribution in [-0.2, 0) is 20.9 Å². The van der Waals surface area contributed by atoms with Crippen LogP contribution in [0.25, 0.3) is 0 Å². The molecule has 0 bridgehead atoms. The third kappa shape index (κ3) is 5.66. The highest BCUT2D eigenvalue weighted by Gasteiger charge is 2.60. The van der Waals surface area contributed by atoms with Crippen molar-refractivity contribution >= 4 is 5.97 Å². The van der Waals surface area contributed by atoms with Crippen LogP contribution in [0, 0.1) is 46.3 Å². The number of hydrogen-bond donors (Lipinski definition) is 0. The minimum atomic E-state index is -0.0528. The highest BCUT2D eigenvalue weighted by molar-refractivity contribution is 5.75. The van der Waals surface area contributed by atoms with E-state index in [-0.39, 0.29) is 12.0 Å². The normalized spacial score (nSPS) is 40.6. The van der Waals surface area contributed by atoms with Gasteiger partial charge in [-0.3, -0.25) is 9.69 Å². The number of piperidine rings is 1. The summed E-state index contributed by atoms with van der Waals surface area (Å²) in [5.41, 5.74) is 2.22. The molecular weight excluding hydrogens is 506 g/mol. The second kappa shape index (κ2) is 12.3. The lowest BCUT2D eigenvalue weighted by molar-refractivity contribution is -0.149. The zero-order valence-electron chi connectivity index (χ0n) is 26.5. The molecule has 4 aliphatic carbocycles. The van der Waals surface area contributed by atoms with E-state index >= 15 is 0 Å². The van der Waals surface area contributed by atoms with E-state index in [4.69, 9.17) is 9.47 Å². The van der Waals surface area contributed by atoms with Gasteiger partial charge >= 0.3 is 5.97 Å². The Morgan fingerprint density at radius 1 is 0.927 bits per heavy atom. The van der Waals surface area contributed by atoms with Crippen molar-refractivity contribution in [2.75, 3.05) is 20.2 Å². The predicted octanol–water partition coefficient (Wildman–Crippen LogP) is 8.28. The molecule has 1 aromatic carbocycles. The highest BCUT2D eigenvalue weighted by atomic mass is 16.5. The molecule has 41 heavy (non-hydrogen) atoms. The molecule has 1 heterocycles. The van der Waals surface area contributed by atoms with Crippen molar-refractivity contribution < 1.29 is 14.3 Å². The SMILES string of the molecule is COC(=O)C(C[C@@H](C)[C@H]1CC[C@H]2[C@@H]3CC[C@@H]4C[C@H](OCc5ccccc5)CC[C@]4(C)[C@H]3CC[C@]12C)N1CCCCC1. The van der Waals surface area contributed by atoms with Crippen LogP contribution < -0.4 is 0 Å². The lowest BCUT2D eigenvalue weighted by Crippen LogP contribution is -2.54. The summed E-state index contributed by atoms with van der Waals surface area (Å²) in [6.07, 6.45) is 17.4. The van der Waals surface area contributed by atoms with E-state index in [2.05, 4.69) is 56.0 Å². The third-order valence-electron chi connectivity index (χ3n) is 13.6. The molecule has 228 valence electrons. The summed E-state index contributed by atoms with van der Waals surface area (Å²) >= 11 is 0. The number of fused-ring (bicyclic) bond motifs is 5. The first kappa shape index (κ1) is 29.7. The number of nitrogens with zero attached hydrogens (tertiary/aromatic N) is 1. The Balaban J connectivity index is 1.10. The summed E-state index contributed by atoms with van der Waals surface area (Å²) in [7, 11) is 1.58. The van der Waals surface area contributed by atoms with E-state index in [0.29, 0.717) is 22.9 Å². The van der Waals surface area contributed by atoms with Gasteiger partial charge < -0.3 is 9.47 Å². The zero-order valence-corrected chi connectivity index (χ0v) is 26.5. The van der Waals surface area contributed by atoms with Crippen molar-refractivity contribution in [3.8, 4) is 0 Å². The maximum Gasteiger partial charge on any atom is 0.323 e. The first-order valence-corrected chi connectivity index (χ1v) is 17.3. The van der Waals surface area contributed by atoms with Crippen molar-refractivity contribution in [3.05, 3.63) is 35.9 Å². The zero-order chi connectivity index (χ0) is 28.6. The fraction of sp³-hybridized carbons (Fsp3) is 0.811. The first-order chi connectivity index (χ1) is 19.8. The van der Waals surface area contributed by atoms with Crippen LogP contribution in [0.5, 0.6) is 0 Å². The largest absolute Gasteiger partial charge is 0.468 e. The van der Waals surface area contributed by atoms with Crippen molar-refractivity contribution in [2.45, 2.75) is 123 Å². The van der Waals surface area contributed by atoms with Crippen LogP contribution in [0.15, 0.2) is 30.3 Å². The number of likely N-dealkylation sites (tertiary alicyclic amines) is 1. The summed E-state index contributed by atoms with van der Waals surface area (Å²) in [6.45, 7) is 10.7. The van der Waals surface area contributed by atoms with Crippen LogP contribution in [0.4, 0.5) is 0 Å². The van der Waals surface area contributed by atoms with Crippen molar-refractivity contribution in [3.63, 3.8) is 0 Å². The molecule has 0 radical (unpaired) electrons. The van der Waals surface area contributed by atoms with Crippen LogP contribution in [-0.4, -0.2) is 43.2 Å². The topological polar surface area (TPSA) is 38.8 Å². The number of benzene rings is 1. The summed E-state index contributed by atoms with van der Waals surface area (Å²) < 4.78 is 11.8. The highest BCUT2D eigenvalue weighted by Crippen LogP contribution is 2.68. The quantitative estimate of drug-likeness (QED) is 0.298. The molecule has 5 aliphatic rings. The van der Waals surface area contributed by atoms with Crippen LogP contribution in [0.1, 0.15) is 110 Å². The minimum Gasteiger partial charge on any atom is -0.468 e. The third-order valence-corrected chi connectivity index (χ3v) is 13.6. The van der Waals surface area contributed by atoms with Gasteiger partial charge in [-0.2, -0.15) is 0 Å². The Morgan fingerprint density at radius 3 is 2.41 bits per heavy atom. The lowest BCUT2D eigenvalue weighted by atomic mass is 9.44. The standard InChI is InChI=1S/C37H57NO3/c1-26(23-34(35(39)40-4)38-21-9-6-10-22-38)31-15-16-32-30-14-13-28-24-29(41-25-27-11-7-5-8-12-27)17-19-36(28,2)33(30)18-20-37(31,32)3/h5,7-8,11-12,26,28-34H,6,9-10,13-25H2,1-4H3/t26-,28-,29-,30+,31-,32+,33+,34?,36+,37-/m1/s1. The average Bonchev–Trinajstić information content (AvgIpc) is 3.36.